The van der Waals surface area contributed by atoms with E-state index in [1.54, 1.807) is 0 Å². The second-order valence-corrected chi connectivity index (χ2v) is 15.6. The Morgan fingerprint density at radius 1 is 0.491 bits per heavy atom. The van der Waals surface area contributed by atoms with Crippen LogP contribution in [-0.2, 0) is 0 Å². The van der Waals surface area contributed by atoms with E-state index in [0.29, 0.717) is 0 Å². The lowest BCUT2D eigenvalue weighted by Gasteiger charge is -2.24. The summed E-state index contributed by atoms with van der Waals surface area (Å²) in [4.78, 5) is 10.7. The van der Waals surface area contributed by atoms with Crippen molar-refractivity contribution in [3.8, 4) is 44.6 Å². The van der Waals surface area contributed by atoms with Gasteiger partial charge in [-0.1, -0.05) is 121 Å². The largest absolute Gasteiger partial charge is 0.455 e. The quantitative estimate of drug-likeness (QED) is 0.168. The van der Waals surface area contributed by atoms with Gasteiger partial charge < -0.3 is 4.42 Å². The Morgan fingerprint density at radius 3 is 1.82 bits per heavy atom. The summed E-state index contributed by atoms with van der Waals surface area (Å²) in [6, 6.07) is 46.7. The molecule has 0 aliphatic heterocycles. The standard InChI is InChI=1S/C52H38N2O/c1-28-20-30(3)48-35-16-18-39-44(25-35)45-26-36(49-31(4)21-29(2)23-43(49)32(5)42(48)22-28)17-19-40(45)51-50(39)53-27-46(54-51)34-11-8-10-33(24-34)37-13-9-14-41-38-12-6-7-15-47(38)55-52(37)41/h6-27,32H,1-5H3. The minimum Gasteiger partial charge on any atom is -0.455 e. The molecule has 0 spiro atoms. The van der Waals surface area contributed by atoms with Crippen molar-refractivity contribution in [3.05, 3.63) is 167 Å². The molecule has 262 valence electrons. The monoisotopic (exact) mass is 706 g/mol. The van der Waals surface area contributed by atoms with Crippen LogP contribution >= 0.6 is 0 Å². The number of aromatic nitrogens is 2. The number of hydrogen-bond acceptors (Lipinski definition) is 3. The van der Waals surface area contributed by atoms with Gasteiger partial charge in [0, 0.05) is 38.6 Å². The van der Waals surface area contributed by atoms with Crippen molar-refractivity contribution in [2.45, 2.75) is 40.5 Å². The molecule has 3 nitrogen and oxygen atoms in total. The predicted molar refractivity (Wildman–Crippen MR) is 230 cm³/mol. The smallest absolute Gasteiger partial charge is 0.143 e. The van der Waals surface area contributed by atoms with Crippen molar-refractivity contribution in [3.63, 3.8) is 0 Å². The molecule has 4 bridgehead atoms. The van der Waals surface area contributed by atoms with E-state index >= 15 is 0 Å². The lowest BCUT2D eigenvalue weighted by Crippen LogP contribution is -2.05. The Balaban J connectivity index is 1.16. The number of para-hydroxylation sites is 2. The highest BCUT2D eigenvalue weighted by molar-refractivity contribution is 6.24. The number of fused-ring (bicyclic) bond motifs is 12. The van der Waals surface area contributed by atoms with Crippen molar-refractivity contribution >= 4 is 54.5 Å². The molecule has 3 heteroatoms. The maximum absolute atomic E-state index is 6.42. The van der Waals surface area contributed by atoms with Gasteiger partial charge in [0.25, 0.3) is 0 Å². The van der Waals surface area contributed by atoms with Crippen LogP contribution < -0.4 is 0 Å². The Morgan fingerprint density at radius 2 is 1.11 bits per heavy atom. The first-order valence-corrected chi connectivity index (χ1v) is 19.2. The molecule has 10 aromatic rings. The van der Waals surface area contributed by atoms with Gasteiger partial charge in [0.1, 0.15) is 11.2 Å². The third kappa shape index (κ3) is 4.76. The molecule has 1 unspecified atom stereocenters. The van der Waals surface area contributed by atoms with Crippen LogP contribution in [0.1, 0.15) is 46.2 Å². The molecular weight excluding hydrogens is 669 g/mol. The molecule has 0 saturated heterocycles. The minimum atomic E-state index is 0.203. The van der Waals surface area contributed by atoms with Gasteiger partial charge in [0.15, 0.2) is 0 Å². The molecule has 0 N–H and O–H groups in total. The summed E-state index contributed by atoms with van der Waals surface area (Å²) >= 11 is 0. The lowest BCUT2D eigenvalue weighted by atomic mass is 9.80. The van der Waals surface area contributed by atoms with Gasteiger partial charge in [-0.25, -0.2) is 4.98 Å². The molecule has 11 rings (SSSR count). The molecule has 0 fully saturated rings. The predicted octanol–water partition coefficient (Wildman–Crippen LogP) is 14.2. The fourth-order valence-electron chi connectivity index (χ4n) is 9.63. The summed E-state index contributed by atoms with van der Waals surface area (Å²) in [7, 11) is 0. The van der Waals surface area contributed by atoms with Crippen LogP contribution in [-0.4, -0.2) is 9.97 Å². The molecule has 0 saturated carbocycles. The molecule has 0 amide bonds. The van der Waals surface area contributed by atoms with Crippen molar-refractivity contribution in [2.75, 3.05) is 0 Å². The third-order valence-corrected chi connectivity index (χ3v) is 12.0. The molecule has 55 heavy (non-hydrogen) atoms. The highest BCUT2D eigenvalue weighted by Crippen LogP contribution is 2.46. The Bertz CT molecular complexity index is 3280. The Kier molecular flexibility index (Phi) is 6.79. The van der Waals surface area contributed by atoms with Crippen LogP contribution in [0.3, 0.4) is 0 Å². The summed E-state index contributed by atoms with van der Waals surface area (Å²) in [6.45, 7) is 11.4. The van der Waals surface area contributed by atoms with Crippen molar-refractivity contribution in [1.29, 1.82) is 0 Å². The van der Waals surface area contributed by atoms with Crippen molar-refractivity contribution < 1.29 is 4.42 Å². The summed E-state index contributed by atoms with van der Waals surface area (Å²) in [5, 5.41) is 6.88. The fourth-order valence-corrected chi connectivity index (χ4v) is 9.63. The third-order valence-electron chi connectivity index (χ3n) is 12.0. The van der Waals surface area contributed by atoms with Crippen LogP contribution in [0.15, 0.2) is 138 Å². The lowest BCUT2D eigenvalue weighted by molar-refractivity contribution is 0.670. The summed E-state index contributed by atoms with van der Waals surface area (Å²) < 4.78 is 6.42. The average molecular weight is 707 g/mol. The SMILES string of the molecule is Cc1cc(C)c2c(c1)C(C)c1cc(C)cc(C)c1-c1ccc3c(c1)c1cc-2ccc1c1ncc(-c2cccc(-c4cccc5c4oc4ccccc45)c2)nc31. The molecule has 1 aliphatic rings. The summed E-state index contributed by atoms with van der Waals surface area (Å²) in [5.74, 6) is 0.203. The zero-order chi connectivity index (χ0) is 37.1. The van der Waals surface area contributed by atoms with Gasteiger partial charge in [-0.15, -0.1) is 0 Å². The molecule has 0 radical (unpaired) electrons. The molecule has 1 aliphatic carbocycles. The molecular formula is C52H38N2O. The Labute approximate surface area is 319 Å². The average Bonchev–Trinajstić information content (AvgIpc) is 3.58. The minimum absolute atomic E-state index is 0.203. The first-order chi connectivity index (χ1) is 26.8. The maximum Gasteiger partial charge on any atom is 0.143 e. The van der Waals surface area contributed by atoms with E-state index in [9.17, 15) is 0 Å². The number of rotatable bonds is 2. The van der Waals surface area contributed by atoms with Crippen LogP contribution in [0.5, 0.6) is 0 Å². The van der Waals surface area contributed by atoms with Gasteiger partial charge in [0.2, 0.25) is 0 Å². The van der Waals surface area contributed by atoms with Crippen LogP contribution in [0.2, 0.25) is 0 Å². The van der Waals surface area contributed by atoms with E-state index in [2.05, 4.69) is 150 Å². The number of nitrogens with zero attached hydrogens (tertiary/aromatic N) is 2. The molecule has 1 atom stereocenters. The second-order valence-electron chi connectivity index (χ2n) is 15.6. The number of aryl methyl sites for hydroxylation is 4. The first kappa shape index (κ1) is 31.9. The van der Waals surface area contributed by atoms with Crippen molar-refractivity contribution in [2.24, 2.45) is 0 Å². The van der Waals surface area contributed by atoms with E-state index in [0.717, 1.165) is 66.1 Å². The van der Waals surface area contributed by atoms with Gasteiger partial charge in [-0.05, 0) is 113 Å². The number of benzene rings is 8. The zero-order valence-corrected chi connectivity index (χ0v) is 31.6. The maximum atomic E-state index is 6.42. The van der Waals surface area contributed by atoms with E-state index in [1.807, 2.05) is 18.3 Å². The Hall–Kier alpha value is -6.58. The van der Waals surface area contributed by atoms with E-state index in [1.165, 1.54) is 66.4 Å². The molecule has 8 aromatic carbocycles. The van der Waals surface area contributed by atoms with E-state index in [-0.39, 0.29) is 5.92 Å². The zero-order valence-electron chi connectivity index (χ0n) is 31.6. The summed E-state index contributed by atoms with van der Waals surface area (Å²) in [5.41, 5.74) is 20.7. The topological polar surface area (TPSA) is 38.9 Å². The van der Waals surface area contributed by atoms with Gasteiger partial charge in [0.05, 0.1) is 22.9 Å². The second kappa shape index (κ2) is 11.7. The molecule has 2 aromatic heterocycles. The highest BCUT2D eigenvalue weighted by atomic mass is 16.3. The number of hydrogen-bond donors (Lipinski definition) is 0. The van der Waals surface area contributed by atoms with E-state index < -0.39 is 0 Å². The van der Waals surface area contributed by atoms with Crippen LogP contribution in [0, 0.1) is 27.7 Å². The normalized spacial score (nSPS) is 13.7. The number of furan rings is 1. The van der Waals surface area contributed by atoms with Gasteiger partial charge >= 0.3 is 0 Å². The van der Waals surface area contributed by atoms with Crippen molar-refractivity contribution in [1.82, 2.24) is 9.97 Å². The molecule has 2 heterocycles. The summed E-state index contributed by atoms with van der Waals surface area (Å²) in [6.07, 6.45) is 1.94. The van der Waals surface area contributed by atoms with Gasteiger partial charge in [-0.2, -0.15) is 0 Å². The highest BCUT2D eigenvalue weighted by Gasteiger charge is 2.24. The van der Waals surface area contributed by atoms with Crippen LogP contribution in [0.4, 0.5) is 0 Å². The fraction of sp³-hybridized carbons (Fsp3) is 0.115. The van der Waals surface area contributed by atoms with E-state index in [4.69, 9.17) is 14.4 Å². The van der Waals surface area contributed by atoms with Crippen LogP contribution in [0.25, 0.3) is 99.2 Å². The first-order valence-electron chi connectivity index (χ1n) is 19.2. The van der Waals surface area contributed by atoms with Gasteiger partial charge in [-0.3, -0.25) is 4.98 Å².